The fourth-order valence-corrected chi connectivity index (χ4v) is 1.46. The van der Waals surface area contributed by atoms with Crippen molar-refractivity contribution in [3.8, 4) is 0 Å². The molecule has 82 valence electrons. The van der Waals surface area contributed by atoms with E-state index in [9.17, 15) is 0 Å². The Kier molecular flexibility index (Phi) is 3.72. The summed E-state index contributed by atoms with van der Waals surface area (Å²) >= 11 is 5.69. The number of aromatic nitrogens is 2. The van der Waals surface area contributed by atoms with Crippen LogP contribution in [0.1, 0.15) is 5.56 Å². The third kappa shape index (κ3) is 3.21. The zero-order valence-corrected chi connectivity index (χ0v) is 9.48. The SMILES string of the molecule is Clc1cnc(NCCc2ccccc2)nc1. The molecule has 1 heterocycles. The van der Waals surface area contributed by atoms with E-state index in [2.05, 4.69) is 27.4 Å². The summed E-state index contributed by atoms with van der Waals surface area (Å²) in [4.78, 5) is 8.11. The molecular formula is C12H12ClN3. The first-order valence-electron chi connectivity index (χ1n) is 5.10. The van der Waals surface area contributed by atoms with Crippen LogP contribution in [-0.2, 0) is 6.42 Å². The van der Waals surface area contributed by atoms with Gasteiger partial charge in [-0.15, -0.1) is 0 Å². The van der Waals surface area contributed by atoms with E-state index in [1.165, 1.54) is 5.56 Å². The van der Waals surface area contributed by atoms with Gasteiger partial charge in [-0.1, -0.05) is 41.9 Å². The minimum absolute atomic E-state index is 0.550. The molecule has 0 atom stereocenters. The summed E-state index contributed by atoms with van der Waals surface area (Å²) in [5, 5.41) is 3.69. The Balaban J connectivity index is 1.82. The monoisotopic (exact) mass is 233 g/mol. The predicted octanol–water partition coefficient (Wildman–Crippen LogP) is 2.78. The van der Waals surface area contributed by atoms with Crippen molar-refractivity contribution in [1.29, 1.82) is 0 Å². The van der Waals surface area contributed by atoms with Gasteiger partial charge in [0.25, 0.3) is 0 Å². The van der Waals surface area contributed by atoms with Gasteiger partial charge in [-0.2, -0.15) is 0 Å². The number of hydrogen-bond acceptors (Lipinski definition) is 3. The highest BCUT2D eigenvalue weighted by atomic mass is 35.5. The van der Waals surface area contributed by atoms with E-state index in [4.69, 9.17) is 11.6 Å². The average Bonchev–Trinajstić information content (AvgIpc) is 2.33. The van der Waals surface area contributed by atoms with Crippen LogP contribution in [0.25, 0.3) is 0 Å². The number of nitrogens with zero attached hydrogens (tertiary/aromatic N) is 2. The zero-order valence-electron chi connectivity index (χ0n) is 8.73. The van der Waals surface area contributed by atoms with Gasteiger partial charge in [0, 0.05) is 6.54 Å². The fraction of sp³-hybridized carbons (Fsp3) is 0.167. The first kappa shape index (κ1) is 10.9. The van der Waals surface area contributed by atoms with Crippen molar-refractivity contribution in [2.75, 3.05) is 11.9 Å². The second-order valence-corrected chi connectivity index (χ2v) is 3.82. The molecule has 2 rings (SSSR count). The fourth-order valence-electron chi connectivity index (χ4n) is 1.37. The molecule has 1 aromatic carbocycles. The molecule has 0 fully saturated rings. The van der Waals surface area contributed by atoms with E-state index in [-0.39, 0.29) is 0 Å². The van der Waals surface area contributed by atoms with E-state index < -0.39 is 0 Å². The van der Waals surface area contributed by atoms with Crippen molar-refractivity contribution >= 4 is 17.5 Å². The lowest BCUT2D eigenvalue weighted by Crippen LogP contribution is -2.07. The van der Waals surface area contributed by atoms with Crippen LogP contribution in [-0.4, -0.2) is 16.5 Å². The standard InChI is InChI=1S/C12H12ClN3/c13-11-8-15-12(16-9-11)14-7-6-10-4-2-1-3-5-10/h1-5,8-9H,6-7H2,(H,14,15,16). The lowest BCUT2D eigenvalue weighted by Gasteiger charge is -2.04. The number of halogens is 1. The molecule has 0 aliphatic carbocycles. The average molecular weight is 234 g/mol. The van der Waals surface area contributed by atoms with Crippen LogP contribution in [0.5, 0.6) is 0 Å². The second-order valence-electron chi connectivity index (χ2n) is 3.39. The molecule has 0 saturated carbocycles. The Labute approximate surface area is 99.5 Å². The molecule has 4 heteroatoms. The van der Waals surface area contributed by atoms with Gasteiger partial charge in [0.2, 0.25) is 5.95 Å². The Hall–Kier alpha value is -1.61. The minimum atomic E-state index is 0.550. The van der Waals surface area contributed by atoms with Gasteiger partial charge >= 0.3 is 0 Å². The maximum Gasteiger partial charge on any atom is 0.222 e. The number of nitrogens with one attached hydrogen (secondary N) is 1. The quantitative estimate of drug-likeness (QED) is 0.883. The molecule has 0 aliphatic heterocycles. The zero-order chi connectivity index (χ0) is 11.2. The summed E-state index contributed by atoms with van der Waals surface area (Å²) in [6.07, 6.45) is 4.12. The van der Waals surface area contributed by atoms with Crippen LogP contribution < -0.4 is 5.32 Å². The summed E-state index contributed by atoms with van der Waals surface area (Å²) in [6, 6.07) is 10.3. The molecular weight excluding hydrogens is 222 g/mol. The van der Waals surface area contributed by atoms with Gasteiger partial charge in [-0.25, -0.2) is 9.97 Å². The normalized spacial score (nSPS) is 10.1. The molecule has 3 nitrogen and oxygen atoms in total. The van der Waals surface area contributed by atoms with Crippen LogP contribution in [0.3, 0.4) is 0 Å². The van der Waals surface area contributed by atoms with E-state index in [0.29, 0.717) is 11.0 Å². The van der Waals surface area contributed by atoms with Crippen molar-refractivity contribution in [2.45, 2.75) is 6.42 Å². The maximum atomic E-state index is 5.69. The Morgan fingerprint density at radius 1 is 1.06 bits per heavy atom. The van der Waals surface area contributed by atoms with Crippen LogP contribution >= 0.6 is 11.6 Å². The van der Waals surface area contributed by atoms with Gasteiger partial charge in [0.05, 0.1) is 17.4 Å². The smallest absolute Gasteiger partial charge is 0.222 e. The van der Waals surface area contributed by atoms with Crippen LogP contribution in [0.4, 0.5) is 5.95 Å². The molecule has 0 aliphatic rings. The third-order valence-electron chi connectivity index (χ3n) is 2.16. The predicted molar refractivity (Wildman–Crippen MR) is 65.7 cm³/mol. The molecule has 1 aromatic heterocycles. The minimum Gasteiger partial charge on any atom is -0.354 e. The molecule has 1 N–H and O–H groups in total. The summed E-state index contributed by atoms with van der Waals surface area (Å²) in [6.45, 7) is 0.811. The third-order valence-corrected chi connectivity index (χ3v) is 2.36. The van der Waals surface area contributed by atoms with Gasteiger partial charge in [-0.3, -0.25) is 0 Å². The number of benzene rings is 1. The van der Waals surface area contributed by atoms with E-state index in [1.807, 2.05) is 18.2 Å². The summed E-state index contributed by atoms with van der Waals surface area (Å²) in [5.41, 5.74) is 1.30. The lowest BCUT2D eigenvalue weighted by atomic mass is 10.1. The number of hydrogen-bond donors (Lipinski definition) is 1. The lowest BCUT2D eigenvalue weighted by molar-refractivity contribution is 0.984. The first-order valence-corrected chi connectivity index (χ1v) is 5.48. The van der Waals surface area contributed by atoms with Crippen molar-refractivity contribution in [3.63, 3.8) is 0 Å². The van der Waals surface area contributed by atoms with Crippen molar-refractivity contribution < 1.29 is 0 Å². The van der Waals surface area contributed by atoms with E-state index in [0.717, 1.165) is 13.0 Å². The van der Waals surface area contributed by atoms with Crippen molar-refractivity contribution in [2.24, 2.45) is 0 Å². The molecule has 0 bridgehead atoms. The highest BCUT2D eigenvalue weighted by Gasteiger charge is 1.95. The summed E-state index contributed by atoms with van der Waals surface area (Å²) in [5.74, 6) is 0.611. The first-order chi connectivity index (χ1) is 7.84. The van der Waals surface area contributed by atoms with Gasteiger partial charge in [-0.05, 0) is 12.0 Å². The molecule has 0 spiro atoms. The molecule has 0 radical (unpaired) electrons. The van der Waals surface area contributed by atoms with Crippen LogP contribution in [0.15, 0.2) is 42.7 Å². The molecule has 0 saturated heterocycles. The Morgan fingerprint density at radius 3 is 2.44 bits per heavy atom. The van der Waals surface area contributed by atoms with Crippen LogP contribution in [0, 0.1) is 0 Å². The van der Waals surface area contributed by atoms with E-state index >= 15 is 0 Å². The topological polar surface area (TPSA) is 37.8 Å². The molecule has 0 unspecified atom stereocenters. The summed E-state index contributed by atoms with van der Waals surface area (Å²) in [7, 11) is 0. The second kappa shape index (κ2) is 5.47. The highest BCUT2D eigenvalue weighted by Crippen LogP contribution is 2.06. The summed E-state index contributed by atoms with van der Waals surface area (Å²) < 4.78 is 0. The molecule has 16 heavy (non-hydrogen) atoms. The van der Waals surface area contributed by atoms with Gasteiger partial charge in [0.15, 0.2) is 0 Å². The van der Waals surface area contributed by atoms with E-state index in [1.54, 1.807) is 12.4 Å². The Bertz CT molecular complexity index is 428. The molecule has 2 aromatic rings. The Morgan fingerprint density at radius 2 is 1.75 bits per heavy atom. The number of rotatable bonds is 4. The van der Waals surface area contributed by atoms with Crippen molar-refractivity contribution in [3.05, 3.63) is 53.3 Å². The van der Waals surface area contributed by atoms with Crippen LogP contribution in [0.2, 0.25) is 5.02 Å². The number of anilines is 1. The van der Waals surface area contributed by atoms with Gasteiger partial charge in [0.1, 0.15) is 0 Å². The maximum absolute atomic E-state index is 5.69. The largest absolute Gasteiger partial charge is 0.354 e. The van der Waals surface area contributed by atoms with Gasteiger partial charge < -0.3 is 5.32 Å². The highest BCUT2D eigenvalue weighted by molar-refractivity contribution is 6.30. The molecule has 0 amide bonds. The van der Waals surface area contributed by atoms with Crippen molar-refractivity contribution in [1.82, 2.24) is 9.97 Å².